The number of nitrogens with one attached hydrogen (secondary N) is 1. The van der Waals surface area contributed by atoms with Gasteiger partial charge < -0.3 is 10.2 Å². The Balaban J connectivity index is 1.57. The normalized spacial score (nSPS) is 19.5. The van der Waals surface area contributed by atoms with Gasteiger partial charge >= 0.3 is 0 Å². The van der Waals surface area contributed by atoms with Gasteiger partial charge in [-0.3, -0.25) is 9.59 Å². The van der Waals surface area contributed by atoms with Crippen LogP contribution in [0.5, 0.6) is 0 Å². The zero-order valence-corrected chi connectivity index (χ0v) is 14.8. The molecule has 0 radical (unpaired) electrons. The third-order valence-corrected chi connectivity index (χ3v) is 5.54. The van der Waals surface area contributed by atoms with E-state index in [1.165, 1.54) is 36.0 Å². The van der Waals surface area contributed by atoms with Gasteiger partial charge in [0.1, 0.15) is 0 Å². The van der Waals surface area contributed by atoms with Crippen molar-refractivity contribution in [2.24, 2.45) is 5.92 Å². The molecule has 24 heavy (non-hydrogen) atoms. The molecule has 0 saturated carbocycles. The predicted octanol–water partition coefficient (Wildman–Crippen LogP) is 3.00. The van der Waals surface area contributed by atoms with E-state index >= 15 is 0 Å². The summed E-state index contributed by atoms with van der Waals surface area (Å²) in [5, 5.41) is 3.17. The minimum atomic E-state index is 0.0284. The van der Waals surface area contributed by atoms with Crippen molar-refractivity contribution in [1.29, 1.82) is 0 Å². The van der Waals surface area contributed by atoms with Gasteiger partial charge in [0, 0.05) is 25.9 Å². The van der Waals surface area contributed by atoms with Gasteiger partial charge in [-0.25, -0.2) is 0 Å². The fraction of sp³-hybridized carbons (Fsp3) is 0.600. The first kappa shape index (κ1) is 17.0. The van der Waals surface area contributed by atoms with Crippen molar-refractivity contribution in [2.45, 2.75) is 58.4 Å². The minimum Gasteiger partial charge on any atom is -0.349 e. The Hall–Kier alpha value is -1.84. The molecule has 1 saturated heterocycles. The van der Waals surface area contributed by atoms with E-state index < -0.39 is 0 Å². The molecule has 1 atom stereocenters. The van der Waals surface area contributed by atoms with E-state index in [0.29, 0.717) is 13.1 Å². The van der Waals surface area contributed by atoms with Gasteiger partial charge in [-0.05, 0) is 62.1 Å². The highest BCUT2D eigenvalue weighted by Gasteiger charge is 2.27. The number of rotatable bonds is 3. The van der Waals surface area contributed by atoms with Crippen LogP contribution >= 0.6 is 0 Å². The van der Waals surface area contributed by atoms with Crippen molar-refractivity contribution in [2.75, 3.05) is 13.1 Å². The van der Waals surface area contributed by atoms with Gasteiger partial charge in [0.15, 0.2) is 0 Å². The van der Waals surface area contributed by atoms with E-state index in [2.05, 4.69) is 30.4 Å². The van der Waals surface area contributed by atoms with Crippen molar-refractivity contribution in [3.05, 3.63) is 34.9 Å². The largest absolute Gasteiger partial charge is 0.349 e. The van der Waals surface area contributed by atoms with Gasteiger partial charge in [-0.2, -0.15) is 0 Å². The van der Waals surface area contributed by atoms with Crippen LogP contribution in [0.1, 0.15) is 62.3 Å². The third kappa shape index (κ3) is 3.80. The van der Waals surface area contributed by atoms with E-state index in [0.717, 1.165) is 19.3 Å². The standard InChI is InChI=1S/C20H28N2O2/c1-14(18-8-7-16-5-3-4-6-19(16)13-18)21-20(24)17-9-11-22(12-10-17)15(2)23/h7-8,13-14,17H,3-6,9-12H2,1-2H3,(H,21,24). The van der Waals surface area contributed by atoms with Crippen LogP contribution in [-0.4, -0.2) is 29.8 Å². The highest BCUT2D eigenvalue weighted by atomic mass is 16.2. The fourth-order valence-electron chi connectivity index (χ4n) is 3.89. The summed E-state index contributed by atoms with van der Waals surface area (Å²) < 4.78 is 0. The zero-order chi connectivity index (χ0) is 17.1. The van der Waals surface area contributed by atoms with Crippen LogP contribution in [0.2, 0.25) is 0 Å². The number of amides is 2. The Kier molecular flexibility index (Phi) is 5.22. The van der Waals surface area contributed by atoms with Crippen LogP contribution in [-0.2, 0) is 22.4 Å². The Morgan fingerprint density at radius 2 is 1.79 bits per heavy atom. The summed E-state index contributed by atoms with van der Waals surface area (Å²) in [6, 6.07) is 6.71. The van der Waals surface area contributed by atoms with E-state index in [1.807, 2.05) is 4.90 Å². The number of likely N-dealkylation sites (tertiary alicyclic amines) is 1. The molecule has 1 aromatic carbocycles. The second-order valence-electron chi connectivity index (χ2n) is 7.25. The highest BCUT2D eigenvalue weighted by Crippen LogP contribution is 2.25. The van der Waals surface area contributed by atoms with E-state index in [9.17, 15) is 9.59 Å². The van der Waals surface area contributed by atoms with E-state index in [1.54, 1.807) is 6.92 Å². The van der Waals surface area contributed by atoms with Gasteiger partial charge in [0.05, 0.1) is 6.04 Å². The molecule has 2 aliphatic rings. The Morgan fingerprint density at radius 1 is 1.12 bits per heavy atom. The molecule has 1 N–H and O–H groups in total. The Bertz CT molecular complexity index is 618. The summed E-state index contributed by atoms with van der Waals surface area (Å²) in [5.74, 6) is 0.264. The molecule has 3 rings (SSSR count). The van der Waals surface area contributed by atoms with Crippen molar-refractivity contribution in [3.8, 4) is 0 Å². The van der Waals surface area contributed by atoms with Crippen LogP contribution in [0.25, 0.3) is 0 Å². The van der Waals surface area contributed by atoms with Crippen molar-refractivity contribution in [3.63, 3.8) is 0 Å². The summed E-state index contributed by atoms with van der Waals surface area (Å²) in [6.07, 6.45) is 6.44. The summed E-state index contributed by atoms with van der Waals surface area (Å²) in [6.45, 7) is 5.05. The van der Waals surface area contributed by atoms with Crippen LogP contribution < -0.4 is 5.32 Å². The molecule has 130 valence electrons. The number of fused-ring (bicyclic) bond motifs is 1. The Morgan fingerprint density at radius 3 is 2.46 bits per heavy atom. The lowest BCUT2D eigenvalue weighted by Crippen LogP contribution is -2.42. The minimum absolute atomic E-state index is 0.0284. The Labute approximate surface area is 144 Å². The number of carbonyl (C=O) groups excluding carboxylic acids is 2. The first-order chi connectivity index (χ1) is 11.5. The molecule has 2 amide bonds. The maximum absolute atomic E-state index is 12.5. The van der Waals surface area contributed by atoms with Crippen molar-refractivity contribution in [1.82, 2.24) is 10.2 Å². The lowest BCUT2D eigenvalue weighted by molar-refractivity contribution is -0.134. The molecule has 1 aromatic rings. The first-order valence-electron chi connectivity index (χ1n) is 9.22. The van der Waals surface area contributed by atoms with Gasteiger partial charge in [0.2, 0.25) is 11.8 Å². The second kappa shape index (κ2) is 7.37. The number of hydrogen-bond acceptors (Lipinski definition) is 2. The van der Waals surface area contributed by atoms with Gasteiger partial charge in [0.25, 0.3) is 0 Å². The molecule has 4 heteroatoms. The average molecular weight is 328 g/mol. The highest BCUT2D eigenvalue weighted by molar-refractivity contribution is 5.80. The molecular weight excluding hydrogens is 300 g/mol. The number of hydrogen-bond donors (Lipinski definition) is 1. The number of benzene rings is 1. The molecule has 1 aliphatic carbocycles. The molecule has 0 spiro atoms. The molecule has 4 nitrogen and oxygen atoms in total. The second-order valence-corrected chi connectivity index (χ2v) is 7.25. The van der Waals surface area contributed by atoms with E-state index in [-0.39, 0.29) is 23.8 Å². The molecule has 1 heterocycles. The number of piperidine rings is 1. The van der Waals surface area contributed by atoms with Crippen molar-refractivity contribution < 1.29 is 9.59 Å². The third-order valence-electron chi connectivity index (χ3n) is 5.54. The summed E-state index contributed by atoms with van der Waals surface area (Å²) in [7, 11) is 0. The summed E-state index contributed by atoms with van der Waals surface area (Å²) in [4.78, 5) is 25.7. The van der Waals surface area contributed by atoms with Crippen LogP contribution in [0.3, 0.4) is 0 Å². The summed E-state index contributed by atoms with van der Waals surface area (Å²) >= 11 is 0. The number of carbonyl (C=O) groups is 2. The van der Waals surface area contributed by atoms with Crippen LogP contribution in [0.4, 0.5) is 0 Å². The van der Waals surface area contributed by atoms with Crippen LogP contribution in [0, 0.1) is 5.92 Å². The first-order valence-corrected chi connectivity index (χ1v) is 9.22. The van der Waals surface area contributed by atoms with Crippen molar-refractivity contribution >= 4 is 11.8 Å². The lowest BCUT2D eigenvalue weighted by Gasteiger charge is -2.31. The SMILES string of the molecule is CC(=O)N1CCC(C(=O)NC(C)c2ccc3c(c2)CCCC3)CC1. The molecule has 0 bridgehead atoms. The molecule has 1 unspecified atom stereocenters. The zero-order valence-electron chi connectivity index (χ0n) is 14.8. The maximum atomic E-state index is 12.5. The fourth-order valence-corrected chi connectivity index (χ4v) is 3.89. The van der Waals surface area contributed by atoms with Gasteiger partial charge in [-0.15, -0.1) is 0 Å². The molecule has 0 aromatic heterocycles. The monoisotopic (exact) mass is 328 g/mol. The predicted molar refractivity (Wildman–Crippen MR) is 94.6 cm³/mol. The maximum Gasteiger partial charge on any atom is 0.223 e. The summed E-state index contributed by atoms with van der Waals surface area (Å²) in [5.41, 5.74) is 4.12. The molecular formula is C20H28N2O2. The average Bonchev–Trinajstić information content (AvgIpc) is 2.61. The van der Waals surface area contributed by atoms with Gasteiger partial charge in [-0.1, -0.05) is 18.2 Å². The van der Waals surface area contributed by atoms with Crippen LogP contribution in [0.15, 0.2) is 18.2 Å². The lowest BCUT2D eigenvalue weighted by atomic mass is 9.89. The smallest absolute Gasteiger partial charge is 0.223 e. The topological polar surface area (TPSA) is 49.4 Å². The molecule has 1 fully saturated rings. The molecule has 1 aliphatic heterocycles. The quantitative estimate of drug-likeness (QED) is 0.927. The number of aryl methyl sites for hydroxylation is 2. The van der Waals surface area contributed by atoms with E-state index in [4.69, 9.17) is 0 Å². The number of nitrogens with zero attached hydrogens (tertiary/aromatic N) is 1.